The minimum absolute atomic E-state index is 0.224. The molecule has 364 valence electrons. The molecule has 4 heteroatoms. The number of fused-ring (bicyclic) bond motifs is 2. The van der Waals surface area contributed by atoms with Gasteiger partial charge < -0.3 is 0 Å². The van der Waals surface area contributed by atoms with Crippen LogP contribution in [0.5, 0.6) is 0 Å². The summed E-state index contributed by atoms with van der Waals surface area (Å²) in [6, 6.07) is 20.2. The van der Waals surface area contributed by atoms with Gasteiger partial charge in [-0.2, -0.15) is 0 Å². The maximum atomic E-state index is 5.62. The molecule has 0 unspecified atom stereocenters. The van der Waals surface area contributed by atoms with Gasteiger partial charge >= 0.3 is 53.5 Å². The van der Waals surface area contributed by atoms with Crippen LogP contribution in [0.25, 0.3) is 21.5 Å². The molecule has 6 saturated carbocycles. The average Bonchev–Trinajstić information content (AvgIpc) is 3.93. The molecule has 0 aliphatic heterocycles. The summed E-state index contributed by atoms with van der Waals surface area (Å²) in [5.74, 6) is 0. The predicted molar refractivity (Wildman–Crippen MR) is 291 cm³/mol. The third-order valence-corrected chi connectivity index (χ3v) is 39.5. The van der Waals surface area contributed by atoms with Gasteiger partial charge in [-0.15, -0.1) is 91.3 Å². The van der Waals surface area contributed by atoms with Gasteiger partial charge in [0.05, 0.1) is 0 Å². The Morgan fingerprint density at radius 2 is 0.621 bits per heavy atom. The van der Waals surface area contributed by atoms with E-state index < -0.39 is 18.0 Å². The molecule has 0 nitrogen and oxygen atoms in total. The second kappa shape index (κ2) is 21.6. The van der Waals surface area contributed by atoms with E-state index in [2.05, 4.69) is 103 Å². The molecule has 0 heterocycles. The van der Waals surface area contributed by atoms with E-state index in [4.69, 9.17) is 17.0 Å². The van der Waals surface area contributed by atoms with Crippen molar-refractivity contribution in [2.75, 3.05) is 0 Å². The number of benzene rings is 2. The molecule has 0 saturated heterocycles. The Morgan fingerprint density at radius 3 is 0.879 bits per heavy atom. The van der Waals surface area contributed by atoms with Crippen molar-refractivity contribution in [3.8, 4) is 0 Å². The van der Waals surface area contributed by atoms with Gasteiger partial charge in [-0.05, 0) is 58.2 Å². The molecule has 4 aromatic rings. The Bertz CT molecular complexity index is 2100. The molecule has 0 spiro atoms. The second-order valence-electron chi connectivity index (χ2n) is 25.4. The topological polar surface area (TPSA) is 0 Å². The second-order valence-corrected chi connectivity index (χ2v) is 48.4. The molecule has 6 aliphatic rings. The van der Waals surface area contributed by atoms with Crippen LogP contribution >= 0.6 is 17.0 Å². The van der Waals surface area contributed by atoms with Crippen LogP contribution in [0.1, 0.15) is 268 Å². The Hall–Kier alpha value is -0.660. The fourth-order valence-corrected chi connectivity index (χ4v) is 15.5. The summed E-state index contributed by atoms with van der Waals surface area (Å²) in [6.07, 6.45) is 42.1. The summed E-state index contributed by atoms with van der Waals surface area (Å²) < 4.78 is 0. The molecule has 66 heavy (non-hydrogen) atoms. The first-order valence-corrected chi connectivity index (χ1v) is 40.5. The predicted octanol–water partition coefficient (Wildman–Crippen LogP) is 20.6. The van der Waals surface area contributed by atoms with Crippen LogP contribution in [0.2, 0.25) is 13.1 Å². The minimum atomic E-state index is -1.65. The van der Waals surface area contributed by atoms with Gasteiger partial charge in [0.2, 0.25) is 0 Å². The zero-order chi connectivity index (χ0) is 46.8. The van der Waals surface area contributed by atoms with Gasteiger partial charge in [0.25, 0.3) is 0 Å². The first kappa shape index (κ1) is 51.7. The summed E-state index contributed by atoms with van der Waals surface area (Å²) >= 11 is -1.65. The van der Waals surface area contributed by atoms with Crippen molar-refractivity contribution in [2.45, 2.75) is 280 Å². The number of rotatable bonds is 6. The van der Waals surface area contributed by atoms with Gasteiger partial charge in [-0.25, -0.2) is 0 Å². The van der Waals surface area contributed by atoms with E-state index in [1.165, 1.54) is 193 Å². The van der Waals surface area contributed by atoms with Gasteiger partial charge in [-0.3, -0.25) is 0 Å². The van der Waals surface area contributed by atoms with Gasteiger partial charge in [0.15, 0.2) is 0 Å². The first-order chi connectivity index (χ1) is 31.6. The van der Waals surface area contributed by atoms with Crippen LogP contribution in [0.3, 0.4) is 0 Å². The SMILES string of the molecule is CC1(c2[cH-]c3c(C4(C)CCCCC4)cccc3c2C2(C)CCCCC2)CCCCC1.CC1(c2[cH-]c3c(C4(C)CCCCC4)cccc3c2C2(C)CCCCC2)CCCCC1.C[Si](C)=[Zr]([Cl])[Cl]. The molecule has 0 bridgehead atoms. The summed E-state index contributed by atoms with van der Waals surface area (Å²) in [4.78, 5) is 0. The van der Waals surface area contributed by atoms with E-state index in [0.717, 1.165) is 0 Å². The van der Waals surface area contributed by atoms with Crippen molar-refractivity contribution in [1.82, 2.24) is 0 Å². The summed E-state index contributed by atoms with van der Waals surface area (Å²) in [6.45, 7) is 19.9. The molecular formula is C62H92Cl2SiZr-2. The van der Waals surface area contributed by atoms with Gasteiger partial charge in [0.1, 0.15) is 0 Å². The zero-order valence-corrected chi connectivity index (χ0v) is 48.6. The third-order valence-electron chi connectivity index (χ3n) is 19.8. The van der Waals surface area contributed by atoms with Crippen LogP contribution in [0.15, 0.2) is 48.5 Å². The molecule has 0 N–H and O–H groups in total. The van der Waals surface area contributed by atoms with E-state index in [0.29, 0.717) is 32.5 Å². The number of hydrogen-bond acceptors (Lipinski definition) is 0. The van der Waals surface area contributed by atoms with Gasteiger partial charge in [0, 0.05) is 0 Å². The van der Waals surface area contributed by atoms with Crippen LogP contribution in [-0.2, 0) is 50.5 Å². The Morgan fingerprint density at radius 1 is 0.379 bits per heavy atom. The van der Waals surface area contributed by atoms with Crippen LogP contribution in [-0.4, -0.2) is 5.43 Å². The van der Waals surface area contributed by atoms with Crippen molar-refractivity contribution in [3.63, 3.8) is 0 Å². The monoisotopic (exact) mass is 1020 g/mol. The van der Waals surface area contributed by atoms with E-state index in [1.54, 1.807) is 54.9 Å². The van der Waals surface area contributed by atoms with E-state index in [9.17, 15) is 0 Å². The standard InChI is InChI=1S/2C30H43.C2H6Si.2ClH.Zr/c2*1-28(16-7-4-8-17-28)25-15-13-14-23-24(25)22-26(29(2)18-9-5-10-19-29)27(23)30(3)20-11-6-12-21-30;1-3-2;;;/h2*13-15,22H,4-12,16-21H2,1-3H3;1-2H3;2*1H;/q2*-1;;;;+2/p-2. The molecule has 0 atom stereocenters. The Balaban J connectivity index is 0.000000160. The normalized spacial score (nSPS) is 24.3. The fraction of sp³-hybridized carbons (Fsp3) is 0.710. The molecule has 0 radical (unpaired) electrons. The van der Waals surface area contributed by atoms with Gasteiger partial charge in [-0.1, -0.05) is 221 Å². The third kappa shape index (κ3) is 10.7. The molecular weight excluding hydrogens is 935 g/mol. The van der Waals surface area contributed by atoms with E-state index in [1.807, 2.05) is 0 Å². The van der Waals surface area contributed by atoms with Crippen molar-refractivity contribution < 1.29 is 18.0 Å². The molecule has 0 aromatic heterocycles. The molecule has 0 amide bonds. The van der Waals surface area contributed by atoms with Crippen molar-refractivity contribution in [1.29, 1.82) is 0 Å². The zero-order valence-electron chi connectivity index (χ0n) is 43.6. The quantitative estimate of drug-likeness (QED) is 0.133. The van der Waals surface area contributed by atoms with Crippen molar-refractivity contribution in [2.24, 2.45) is 0 Å². The molecule has 6 fully saturated rings. The van der Waals surface area contributed by atoms with E-state index in [-0.39, 0.29) is 5.43 Å². The molecule has 10 rings (SSSR count). The fourth-order valence-electron chi connectivity index (χ4n) is 15.5. The van der Waals surface area contributed by atoms with Crippen molar-refractivity contribution >= 4 is 44.0 Å². The van der Waals surface area contributed by atoms with Crippen LogP contribution in [0, 0.1) is 0 Å². The van der Waals surface area contributed by atoms with Crippen LogP contribution in [0.4, 0.5) is 0 Å². The van der Waals surface area contributed by atoms with E-state index >= 15 is 0 Å². The van der Waals surface area contributed by atoms with Crippen LogP contribution < -0.4 is 0 Å². The summed E-state index contributed by atoms with van der Waals surface area (Å²) in [7, 11) is 11.2. The Labute approximate surface area is 420 Å². The Kier molecular flexibility index (Phi) is 16.9. The summed E-state index contributed by atoms with van der Waals surface area (Å²) in [5.41, 5.74) is 12.5. The number of hydrogen-bond donors (Lipinski definition) is 0. The first-order valence-electron chi connectivity index (χ1n) is 28.0. The van der Waals surface area contributed by atoms with Crippen molar-refractivity contribution in [3.05, 3.63) is 81.9 Å². The number of halogens is 2. The maximum absolute atomic E-state index is 5.62. The molecule has 4 aromatic carbocycles. The molecule has 6 aliphatic carbocycles. The average molecular weight is 1030 g/mol. The summed E-state index contributed by atoms with van der Waals surface area (Å²) in [5, 5.41) is 6.52.